The minimum Gasteiger partial charge on any atom is -0.258 e. The molecule has 0 radical (unpaired) electrons. The number of hydrogen-bond donors (Lipinski definition) is 0. The maximum Gasteiger partial charge on any atom is 0.331 e. The molecule has 1 rings (SSSR count). The van der Waals surface area contributed by atoms with Gasteiger partial charge in [0.15, 0.2) is 5.16 Å². The minimum atomic E-state index is -0.604. The number of halogens is 1. The molecule has 0 bridgehead atoms. The smallest absolute Gasteiger partial charge is 0.258 e. The van der Waals surface area contributed by atoms with Crippen molar-refractivity contribution in [3.8, 4) is 0 Å². The Morgan fingerprint density at radius 1 is 1.62 bits per heavy atom. The molecule has 0 saturated heterocycles. The summed E-state index contributed by atoms with van der Waals surface area (Å²) >= 11 is 7.14. The zero-order valence-corrected chi connectivity index (χ0v) is 10.2. The molecule has 0 amide bonds. The van der Waals surface area contributed by atoms with Crippen molar-refractivity contribution in [2.45, 2.75) is 18.5 Å². The van der Waals surface area contributed by atoms with Gasteiger partial charge in [0.25, 0.3) is 0 Å². The summed E-state index contributed by atoms with van der Waals surface area (Å²) in [6.07, 6.45) is 2.27. The average Bonchev–Trinajstić information content (AvgIpc) is 2.24. The van der Waals surface area contributed by atoms with Crippen molar-refractivity contribution < 1.29 is 4.92 Å². The van der Waals surface area contributed by atoms with Gasteiger partial charge in [-0.05, 0) is 12.5 Å². The van der Waals surface area contributed by atoms with Crippen LogP contribution in [0.2, 0.25) is 5.15 Å². The molecule has 16 heavy (non-hydrogen) atoms. The van der Waals surface area contributed by atoms with Gasteiger partial charge in [0.2, 0.25) is 5.15 Å². The van der Waals surface area contributed by atoms with Gasteiger partial charge in [-0.25, -0.2) is 9.97 Å². The quantitative estimate of drug-likeness (QED) is 0.267. The molecule has 0 atom stereocenters. The van der Waals surface area contributed by atoms with Crippen molar-refractivity contribution in [1.29, 1.82) is 0 Å². The largest absolute Gasteiger partial charge is 0.331 e. The Morgan fingerprint density at radius 3 is 2.81 bits per heavy atom. The lowest BCUT2D eigenvalue weighted by Crippen LogP contribution is -2.00. The van der Waals surface area contributed by atoms with Crippen LogP contribution in [0.5, 0.6) is 0 Å². The van der Waals surface area contributed by atoms with Gasteiger partial charge in [-0.2, -0.15) is 0 Å². The molecule has 0 aliphatic carbocycles. The molecule has 0 aliphatic rings. The number of nitrogens with zero attached hydrogens (tertiary/aromatic N) is 3. The summed E-state index contributed by atoms with van der Waals surface area (Å²) in [6.45, 7) is 5.50. The topological polar surface area (TPSA) is 68.9 Å². The first-order valence-electron chi connectivity index (χ1n) is 4.57. The average molecular weight is 260 g/mol. The third-order valence-corrected chi connectivity index (χ3v) is 2.98. The lowest BCUT2D eigenvalue weighted by Gasteiger charge is -2.02. The molecule has 0 spiro atoms. The van der Waals surface area contributed by atoms with Gasteiger partial charge in [-0.15, -0.1) is 0 Å². The van der Waals surface area contributed by atoms with Crippen molar-refractivity contribution >= 4 is 35.1 Å². The first-order chi connectivity index (χ1) is 7.60. The van der Waals surface area contributed by atoms with Crippen molar-refractivity contribution in [3.05, 3.63) is 27.5 Å². The van der Waals surface area contributed by atoms with Crippen molar-refractivity contribution in [2.75, 3.05) is 5.75 Å². The molecule has 1 aromatic rings. The van der Waals surface area contributed by atoms with Gasteiger partial charge in [0.1, 0.15) is 5.69 Å². The zero-order chi connectivity index (χ0) is 12.1. The molecular weight excluding hydrogens is 250 g/mol. The Bertz CT molecular complexity index is 425. The number of thioether (sulfide) groups is 1. The normalized spacial score (nSPS) is 10.1. The van der Waals surface area contributed by atoms with E-state index in [-0.39, 0.29) is 16.5 Å². The maximum absolute atomic E-state index is 10.7. The molecule has 0 saturated carbocycles. The summed E-state index contributed by atoms with van der Waals surface area (Å²) in [6, 6.07) is 0. The van der Waals surface area contributed by atoms with Crippen molar-refractivity contribution in [2.24, 2.45) is 0 Å². The van der Waals surface area contributed by atoms with Crippen LogP contribution in [0.25, 0.3) is 6.08 Å². The van der Waals surface area contributed by atoms with E-state index in [9.17, 15) is 10.1 Å². The third-order valence-electron chi connectivity index (χ3n) is 1.66. The van der Waals surface area contributed by atoms with Crippen LogP contribution in [0.1, 0.15) is 19.0 Å². The van der Waals surface area contributed by atoms with E-state index >= 15 is 0 Å². The van der Waals surface area contributed by atoms with Crippen LogP contribution in [0.4, 0.5) is 5.69 Å². The highest BCUT2D eigenvalue weighted by atomic mass is 35.5. The second-order valence-corrected chi connectivity index (χ2v) is 4.26. The zero-order valence-electron chi connectivity index (χ0n) is 8.64. The third kappa shape index (κ3) is 2.93. The van der Waals surface area contributed by atoms with Crippen LogP contribution in [0.3, 0.4) is 0 Å². The fourth-order valence-electron chi connectivity index (χ4n) is 0.993. The second kappa shape index (κ2) is 5.81. The summed E-state index contributed by atoms with van der Waals surface area (Å²) in [7, 11) is 0. The van der Waals surface area contributed by atoms with Gasteiger partial charge in [0, 0.05) is 5.75 Å². The Morgan fingerprint density at radius 2 is 2.31 bits per heavy atom. The predicted octanol–water partition coefficient (Wildman–Crippen LogP) is 3.18. The van der Waals surface area contributed by atoms with E-state index in [2.05, 4.69) is 16.5 Å². The van der Waals surface area contributed by atoms with E-state index in [1.54, 1.807) is 0 Å². The maximum atomic E-state index is 10.7. The van der Waals surface area contributed by atoms with Gasteiger partial charge in [-0.1, -0.05) is 36.9 Å². The second-order valence-electron chi connectivity index (χ2n) is 2.84. The SMILES string of the molecule is C=Cc1nc(SCCC)nc(Cl)c1[N+](=O)[O-]. The molecule has 0 unspecified atom stereocenters. The van der Waals surface area contributed by atoms with Crippen LogP contribution < -0.4 is 0 Å². The highest BCUT2D eigenvalue weighted by molar-refractivity contribution is 7.99. The first kappa shape index (κ1) is 12.9. The molecule has 86 valence electrons. The fourth-order valence-corrected chi connectivity index (χ4v) is 1.99. The fraction of sp³-hybridized carbons (Fsp3) is 0.333. The molecule has 0 aromatic carbocycles. The number of aromatic nitrogens is 2. The van der Waals surface area contributed by atoms with E-state index in [1.165, 1.54) is 17.8 Å². The standard InChI is InChI=1S/C9H10ClN3O2S/c1-3-5-16-9-11-6(4-2)7(13(14)15)8(10)12-9/h4H,2-3,5H2,1H3. The van der Waals surface area contributed by atoms with E-state index in [0.29, 0.717) is 5.16 Å². The summed E-state index contributed by atoms with van der Waals surface area (Å²) in [5.74, 6) is 0.838. The highest BCUT2D eigenvalue weighted by Crippen LogP contribution is 2.28. The monoisotopic (exact) mass is 259 g/mol. The van der Waals surface area contributed by atoms with Gasteiger partial charge in [-0.3, -0.25) is 10.1 Å². The molecule has 1 heterocycles. The molecule has 1 aromatic heterocycles. The van der Waals surface area contributed by atoms with E-state index in [1.807, 2.05) is 6.92 Å². The number of hydrogen-bond acceptors (Lipinski definition) is 5. The van der Waals surface area contributed by atoms with Gasteiger partial charge < -0.3 is 0 Å². The Hall–Kier alpha value is -1.14. The van der Waals surface area contributed by atoms with Crippen molar-refractivity contribution in [3.63, 3.8) is 0 Å². The molecule has 0 N–H and O–H groups in total. The van der Waals surface area contributed by atoms with Crippen LogP contribution >= 0.6 is 23.4 Å². The van der Waals surface area contributed by atoms with E-state index < -0.39 is 4.92 Å². The summed E-state index contributed by atoms with van der Waals surface area (Å²) in [5, 5.41) is 11.0. The summed E-state index contributed by atoms with van der Waals surface area (Å²) in [4.78, 5) is 18.0. The Balaban J connectivity index is 3.16. The van der Waals surface area contributed by atoms with Crippen LogP contribution in [-0.2, 0) is 0 Å². The Kier molecular flexibility index (Phi) is 4.70. The van der Waals surface area contributed by atoms with E-state index in [4.69, 9.17) is 11.6 Å². The lowest BCUT2D eigenvalue weighted by molar-refractivity contribution is -0.385. The highest BCUT2D eigenvalue weighted by Gasteiger charge is 2.21. The summed E-state index contributed by atoms with van der Waals surface area (Å²) < 4.78 is 0. The molecule has 5 nitrogen and oxygen atoms in total. The van der Waals surface area contributed by atoms with E-state index in [0.717, 1.165) is 12.2 Å². The number of rotatable bonds is 5. The van der Waals surface area contributed by atoms with Gasteiger partial charge in [0.05, 0.1) is 4.92 Å². The van der Waals surface area contributed by atoms with Crippen molar-refractivity contribution in [1.82, 2.24) is 9.97 Å². The van der Waals surface area contributed by atoms with Crippen LogP contribution in [0.15, 0.2) is 11.7 Å². The van der Waals surface area contributed by atoms with Crippen LogP contribution in [-0.4, -0.2) is 20.6 Å². The first-order valence-corrected chi connectivity index (χ1v) is 5.93. The number of nitro groups is 1. The molecule has 0 aliphatic heterocycles. The molecule has 0 fully saturated rings. The predicted molar refractivity (Wildman–Crippen MR) is 64.8 cm³/mol. The minimum absolute atomic E-state index is 0.145. The van der Waals surface area contributed by atoms with Crippen LogP contribution in [0, 0.1) is 10.1 Å². The molecule has 7 heteroatoms. The van der Waals surface area contributed by atoms with Gasteiger partial charge >= 0.3 is 5.69 Å². The Labute approximate surface area is 102 Å². The molecular formula is C9H10ClN3O2S. The summed E-state index contributed by atoms with van der Waals surface area (Å²) in [5.41, 5.74) is -0.138. The lowest BCUT2D eigenvalue weighted by atomic mass is 10.3.